The van der Waals surface area contributed by atoms with Crippen molar-refractivity contribution < 1.29 is 14.3 Å². The number of esters is 1. The second kappa shape index (κ2) is 5.51. The molecule has 0 amide bonds. The molecule has 3 nitrogen and oxygen atoms in total. The van der Waals surface area contributed by atoms with Gasteiger partial charge in [-0.25, -0.2) is 4.79 Å². The van der Waals surface area contributed by atoms with Crippen molar-refractivity contribution in [1.29, 1.82) is 0 Å². The minimum absolute atomic E-state index is 0.379. The topological polar surface area (TPSA) is 35.5 Å². The molecular formula is C10H10Br2O3. The molecule has 0 aliphatic heterocycles. The summed E-state index contributed by atoms with van der Waals surface area (Å²) in [4.78, 5) is 11.6. The van der Waals surface area contributed by atoms with Crippen LogP contribution in [0.5, 0.6) is 5.75 Å². The lowest BCUT2D eigenvalue weighted by Crippen LogP contribution is -2.07. The van der Waals surface area contributed by atoms with Crippen LogP contribution in [-0.2, 0) is 10.1 Å². The summed E-state index contributed by atoms with van der Waals surface area (Å²) in [7, 11) is 2.92. The van der Waals surface area contributed by atoms with Gasteiger partial charge in [-0.15, -0.1) is 0 Å². The quantitative estimate of drug-likeness (QED) is 0.628. The monoisotopic (exact) mass is 336 g/mol. The van der Waals surface area contributed by atoms with Gasteiger partial charge in [0.05, 0.1) is 19.8 Å². The van der Waals surface area contributed by atoms with Crippen molar-refractivity contribution in [2.75, 3.05) is 14.2 Å². The highest BCUT2D eigenvalue weighted by molar-refractivity contribution is 9.10. The molecule has 0 heterocycles. The molecule has 1 aromatic carbocycles. The lowest BCUT2D eigenvalue weighted by molar-refractivity contribution is 0.0598. The van der Waals surface area contributed by atoms with Crippen LogP contribution >= 0.6 is 31.9 Å². The molecule has 82 valence electrons. The molecule has 0 spiro atoms. The lowest BCUT2D eigenvalue weighted by Gasteiger charge is -2.12. The van der Waals surface area contributed by atoms with E-state index in [1.165, 1.54) is 7.11 Å². The Labute approximate surface area is 105 Å². The number of ether oxygens (including phenoxy) is 2. The molecule has 15 heavy (non-hydrogen) atoms. The third kappa shape index (κ3) is 2.52. The number of hydrogen-bond acceptors (Lipinski definition) is 3. The van der Waals surface area contributed by atoms with Crippen molar-refractivity contribution in [3.05, 3.63) is 27.7 Å². The third-order valence-electron chi connectivity index (χ3n) is 1.96. The number of hydrogen-bond donors (Lipinski definition) is 0. The fraction of sp³-hybridized carbons (Fsp3) is 0.300. The number of carbonyl (C=O) groups excluding carboxylic acids is 1. The van der Waals surface area contributed by atoms with E-state index in [2.05, 4.69) is 31.9 Å². The summed E-state index contributed by atoms with van der Waals surface area (Å²) in [5.41, 5.74) is 1.27. The van der Waals surface area contributed by atoms with Crippen molar-refractivity contribution in [3.8, 4) is 5.75 Å². The Bertz CT molecular complexity index is 377. The fourth-order valence-electron chi connectivity index (χ4n) is 1.25. The number of rotatable bonds is 3. The largest absolute Gasteiger partial charge is 0.496 e. The first-order valence-electron chi connectivity index (χ1n) is 4.15. The molecule has 0 atom stereocenters. The Morgan fingerprint density at radius 2 is 2.07 bits per heavy atom. The van der Waals surface area contributed by atoms with Crippen LogP contribution < -0.4 is 4.74 Å². The van der Waals surface area contributed by atoms with E-state index in [0.717, 1.165) is 5.56 Å². The number of carbonyl (C=O) groups is 1. The van der Waals surface area contributed by atoms with Crippen LogP contribution in [0.2, 0.25) is 0 Å². The molecule has 0 aliphatic rings. The number of halogens is 2. The van der Waals surface area contributed by atoms with E-state index in [0.29, 0.717) is 21.1 Å². The Kier molecular flexibility index (Phi) is 4.60. The highest BCUT2D eigenvalue weighted by Crippen LogP contribution is 2.31. The SMILES string of the molecule is COC(=O)c1c(Br)ccc(OC)c1CBr. The van der Waals surface area contributed by atoms with E-state index in [9.17, 15) is 4.79 Å². The van der Waals surface area contributed by atoms with Crippen LogP contribution in [0.15, 0.2) is 16.6 Å². The van der Waals surface area contributed by atoms with Gasteiger partial charge in [-0.3, -0.25) is 0 Å². The van der Waals surface area contributed by atoms with Crippen molar-refractivity contribution >= 4 is 37.8 Å². The molecule has 0 bridgehead atoms. The van der Waals surface area contributed by atoms with Gasteiger partial charge >= 0.3 is 5.97 Å². The summed E-state index contributed by atoms with van der Waals surface area (Å²) in [6, 6.07) is 3.56. The molecule has 5 heteroatoms. The number of benzene rings is 1. The molecule has 0 aromatic heterocycles. The van der Waals surface area contributed by atoms with Crippen LogP contribution in [0, 0.1) is 0 Å². The Hall–Kier alpha value is -0.550. The molecule has 0 saturated heterocycles. The summed E-state index contributed by atoms with van der Waals surface area (Å²) in [6.45, 7) is 0. The molecule has 0 aliphatic carbocycles. The van der Waals surface area contributed by atoms with Crippen LogP contribution in [-0.4, -0.2) is 20.2 Å². The zero-order valence-corrected chi connectivity index (χ0v) is 11.5. The Balaban J connectivity index is 3.38. The van der Waals surface area contributed by atoms with Crippen molar-refractivity contribution in [2.24, 2.45) is 0 Å². The van der Waals surface area contributed by atoms with E-state index in [1.54, 1.807) is 19.2 Å². The average Bonchev–Trinajstić information content (AvgIpc) is 2.27. The zero-order valence-electron chi connectivity index (χ0n) is 8.34. The first kappa shape index (κ1) is 12.5. The second-order valence-electron chi connectivity index (χ2n) is 2.73. The fourth-order valence-corrected chi connectivity index (χ4v) is 2.34. The molecule has 1 rings (SSSR count). The average molecular weight is 338 g/mol. The maximum Gasteiger partial charge on any atom is 0.339 e. The predicted molar refractivity (Wildman–Crippen MR) is 64.7 cm³/mol. The minimum Gasteiger partial charge on any atom is -0.496 e. The highest BCUT2D eigenvalue weighted by Gasteiger charge is 2.18. The van der Waals surface area contributed by atoms with Crippen LogP contribution in [0.1, 0.15) is 15.9 Å². The van der Waals surface area contributed by atoms with E-state index in [-0.39, 0.29) is 5.97 Å². The second-order valence-corrected chi connectivity index (χ2v) is 4.14. The van der Waals surface area contributed by atoms with Gasteiger partial charge in [0.1, 0.15) is 5.75 Å². The van der Waals surface area contributed by atoms with E-state index in [1.807, 2.05) is 0 Å². The van der Waals surface area contributed by atoms with Crippen LogP contribution in [0.25, 0.3) is 0 Å². The molecule has 0 radical (unpaired) electrons. The summed E-state index contributed by atoms with van der Waals surface area (Å²) in [5.74, 6) is 0.283. The van der Waals surface area contributed by atoms with E-state index in [4.69, 9.17) is 9.47 Å². The van der Waals surface area contributed by atoms with Gasteiger partial charge in [-0.05, 0) is 28.1 Å². The standard InChI is InChI=1S/C10H10Br2O3/c1-14-8-4-3-7(12)9(6(8)5-11)10(13)15-2/h3-4H,5H2,1-2H3. The third-order valence-corrected chi connectivity index (χ3v) is 3.18. The molecule has 1 aromatic rings. The molecular weight excluding hydrogens is 328 g/mol. The molecule has 0 unspecified atom stereocenters. The van der Waals surface area contributed by atoms with Gasteiger partial charge in [0.2, 0.25) is 0 Å². The summed E-state index contributed by atoms with van der Waals surface area (Å²) in [5, 5.41) is 0.528. The zero-order chi connectivity index (χ0) is 11.4. The summed E-state index contributed by atoms with van der Waals surface area (Å²) >= 11 is 6.64. The van der Waals surface area contributed by atoms with Crippen molar-refractivity contribution in [1.82, 2.24) is 0 Å². The van der Waals surface area contributed by atoms with Crippen LogP contribution in [0.4, 0.5) is 0 Å². The van der Waals surface area contributed by atoms with Gasteiger partial charge in [0.25, 0.3) is 0 Å². The first-order valence-corrected chi connectivity index (χ1v) is 6.06. The maximum absolute atomic E-state index is 11.6. The molecule has 0 N–H and O–H groups in total. The molecule has 0 fully saturated rings. The minimum atomic E-state index is -0.379. The normalized spacial score (nSPS) is 9.87. The first-order chi connectivity index (χ1) is 7.15. The summed E-state index contributed by atoms with van der Waals surface area (Å²) in [6.07, 6.45) is 0. The van der Waals surface area contributed by atoms with Gasteiger partial charge in [-0.1, -0.05) is 15.9 Å². The smallest absolute Gasteiger partial charge is 0.339 e. The maximum atomic E-state index is 11.6. The van der Waals surface area contributed by atoms with Gasteiger partial charge in [0, 0.05) is 15.4 Å². The van der Waals surface area contributed by atoms with Gasteiger partial charge in [-0.2, -0.15) is 0 Å². The predicted octanol–water partition coefficient (Wildman–Crippen LogP) is 3.14. The van der Waals surface area contributed by atoms with E-state index < -0.39 is 0 Å². The summed E-state index contributed by atoms with van der Waals surface area (Å²) < 4.78 is 10.6. The Morgan fingerprint density at radius 1 is 1.40 bits per heavy atom. The molecule has 0 saturated carbocycles. The van der Waals surface area contributed by atoms with Crippen molar-refractivity contribution in [2.45, 2.75) is 5.33 Å². The number of alkyl halides is 1. The van der Waals surface area contributed by atoms with Crippen LogP contribution in [0.3, 0.4) is 0 Å². The number of methoxy groups -OCH3 is 2. The Morgan fingerprint density at radius 3 is 2.53 bits per heavy atom. The van der Waals surface area contributed by atoms with Gasteiger partial charge < -0.3 is 9.47 Å². The highest BCUT2D eigenvalue weighted by atomic mass is 79.9. The lowest BCUT2D eigenvalue weighted by atomic mass is 10.1. The van der Waals surface area contributed by atoms with E-state index >= 15 is 0 Å². The van der Waals surface area contributed by atoms with Crippen molar-refractivity contribution in [3.63, 3.8) is 0 Å². The van der Waals surface area contributed by atoms with Gasteiger partial charge in [0.15, 0.2) is 0 Å².